The number of aryl methyl sites for hydroxylation is 1. The second-order valence-electron chi connectivity index (χ2n) is 7.01. The van der Waals surface area contributed by atoms with E-state index in [0.29, 0.717) is 23.7 Å². The SMILES string of the molecule is CN=C(NCCCc1nn(-c2ccccc2)c(N)c1C#N)NCC(C)c1ccsc1. The Morgan fingerprint density at radius 3 is 2.77 bits per heavy atom. The average molecular weight is 422 g/mol. The number of aliphatic imine (C=N–C) groups is 1. The fraction of sp³-hybridized carbons (Fsp3) is 0.318. The van der Waals surface area contributed by atoms with Crippen molar-refractivity contribution in [3.8, 4) is 11.8 Å². The number of nitriles is 1. The third-order valence-electron chi connectivity index (χ3n) is 4.90. The van der Waals surface area contributed by atoms with Gasteiger partial charge in [0, 0.05) is 20.1 Å². The van der Waals surface area contributed by atoms with Crippen LogP contribution in [0.3, 0.4) is 0 Å². The number of nitrogens with two attached hydrogens (primary N) is 1. The fourth-order valence-electron chi connectivity index (χ4n) is 3.15. The van der Waals surface area contributed by atoms with Crippen LogP contribution in [0.2, 0.25) is 0 Å². The molecule has 1 aromatic carbocycles. The second-order valence-corrected chi connectivity index (χ2v) is 7.79. The van der Waals surface area contributed by atoms with Crippen molar-refractivity contribution in [3.63, 3.8) is 0 Å². The molecule has 0 aliphatic rings. The number of para-hydroxylation sites is 1. The van der Waals surface area contributed by atoms with Crippen LogP contribution in [0.25, 0.3) is 5.69 Å². The molecule has 7 nitrogen and oxygen atoms in total. The number of thiophene rings is 1. The first kappa shape index (κ1) is 21.4. The highest BCUT2D eigenvalue weighted by Crippen LogP contribution is 2.21. The molecule has 0 aliphatic heterocycles. The average Bonchev–Trinajstić information content (AvgIpc) is 3.42. The molecule has 0 spiro atoms. The van der Waals surface area contributed by atoms with Crippen molar-refractivity contribution in [1.82, 2.24) is 20.4 Å². The number of nitrogens with zero attached hydrogens (tertiary/aromatic N) is 4. The third kappa shape index (κ3) is 5.19. The molecule has 2 heterocycles. The Labute approximate surface area is 181 Å². The van der Waals surface area contributed by atoms with Crippen LogP contribution < -0.4 is 16.4 Å². The minimum Gasteiger partial charge on any atom is -0.382 e. The lowest BCUT2D eigenvalue weighted by atomic mass is 10.1. The van der Waals surface area contributed by atoms with Crippen LogP contribution in [-0.2, 0) is 6.42 Å². The molecule has 0 amide bonds. The van der Waals surface area contributed by atoms with Crippen molar-refractivity contribution in [1.29, 1.82) is 5.26 Å². The summed E-state index contributed by atoms with van der Waals surface area (Å²) in [6.45, 7) is 3.72. The Hall–Kier alpha value is -3.31. The van der Waals surface area contributed by atoms with Gasteiger partial charge in [0.15, 0.2) is 5.96 Å². The van der Waals surface area contributed by atoms with Gasteiger partial charge < -0.3 is 16.4 Å². The Morgan fingerprint density at radius 2 is 2.10 bits per heavy atom. The van der Waals surface area contributed by atoms with E-state index in [4.69, 9.17) is 5.73 Å². The van der Waals surface area contributed by atoms with Crippen molar-refractivity contribution < 1.29 is 0 Å². The Bertz CT molecular complexity index is 1000. The quantitative estimate of drug-likeness (QED) is 0.294. The van der Waals surface area contributed by atoms with Crippen molar-refractivity contribution >= 4 is 23.1 Å². The highest BCUT2D eigenvalue weighted by atomic mass is 32.1. The first-order valence-corrected chi connectivity index (χ1v) is 10.9. The number of nitrogen functional groups attached to an aromatic ring is 1. The van der Waals surface area contributed by atoms with Crippen LogP contribution in [0.4, 0.5) is 5.82 Å². The summed E-state index contributed by atoms with van der Waals surface area (Å²) in [7, 11) is 1.76. The van der Waals surface area contributed by atoms with E-state index in [9.17, 15) is 5.26 Å². The maximum atomic E-state index is 9.52. The number of aromatic nitrogens is 2. The Kier molecular flexibility index (Phi) is 7.46. The molecule has 1 unspecified atom stereocenters. The zero-order valence-corrected chi connectivity index (χ0v) is 18.1. The van der Waals surface area contributed by atoms with Crippen molar-refractivity contribution in [2.75, 3.05) is 25.9 Å². The lowest BCUT2D eigenvalue weighted by Gasteiger charge is -2.15. The number of anilines is 1. The van der Waals surface area contributed by atoms with Gasteiger partial charge in [-0.25, -0.2) is 4.68 Å². The zero-order valence-electron chi connectivity index (χ0n) is 17.3. The summed E-state index contributed by atoms with van der Waals surface area (Å²) in [5.74, 6) is 1.57. The molecule has 3 rings (SSSR count). The van der Waals surface area contributed by atoms with Crippen molar-refractivity contribution in [3.05, 3.63) is 64.0 Å². The van der Waals surface area contributed by atoms with Crippen LogP contribution in [0.1, 0.15) is 36.1 Å². The first-order chi connectivity index (χ1) is 14.6. The number of nitrogens with one attached hydrogen (secondary N) is 2. The molecule has 0 fully saturated rings. The summed E-state index contributed by atoms with van der Waals surface area (Å²) in [6, 6.07) is 14.0. The zero-order chi connectivity index (χ0) is 21.3. The summed E-state index contributed by atoms with van der Waals surface area (Å²) < 4.78 is 1.63. The summed E-state index contributed by atoms with van der Waals surface area (Å²) in [5.41, 5.74) is 9.51. The predicted octanol–water partition coefficient (Wildman–Crippen LogP) is 3.29. The molecule has 30 heavy (non-hydrogen) atoms. The molecule has 156 valence electrons. The summed E-state index contributed by atoms with van der Waals surface area (Å²) >= 11 is 1.71. The molecule has 0 radical (unpaired) electrons. The van der Waals surface area contributed by atoms with Gasteiger partial charge in [0.05, 0.1) is 11.4 Å². The molecule has 0 saturated carbocycles. The van der Waals surface area contributed by atoms with Crippen LogP contribution in [0.5, 0.6) is 0 Å². The largest absolute Gasteiger partial charge is 0.382 e. The minimum absolute atomic E-state index is 0.381. The van der Waals surface area contributed by atoms with Gasteiger partial charge in [-0.1, -0.05) is 25.1 Å². The smallest absolute Gasteiger partial charge is 0.190 e. The van der Waals surface area contributed by atoms with E-state index in [-0.39, 0.29) is 0 Å². The topological polar surface area (TPSA) is 104 Å². The third-order valence-corrected chi connectivity index (χ3v) is 5.60. The Morgan fingerprint density at radius 1 is 1.30 bits per heavy atom. The van der Waals surface area contributed by atoms with E-state index in [0.717, 1.165) is 36.9 Å². The molecule has 0 saturated heterocycles. The van der Waals surface area contributed by atoms with E-state index < -0.39 is 0 Å². The molecule has 0 aliphatic carbocycles. The number of guanidine groups is 1. The lowest BCUT2D eigenvalue weighted by molar-refractivity contribution is 0.685. The second kappa shape index (κ2) is 10.5. The van der Waals surface area contributed by atoms with E-state index in [1.165, 1.54) is 5.56 Å². The fourth-order valence-corrected chi connectivity index (χ4v) is 3.93. The van der Waals surface area contributed by atoms with E-state index >= 15 is 0 Å². The lowest BCUT2D eigenvalue weighted by Crippen LogP contribution is -2.39. The highest BCUT2D eigenvalue weighted by Gasteiger charge is 2.16. The van der Waals surface area contributed by atoms with E-state index in [1.807, 2.05) is 30.3 Å². The summed E-state index contributed by atoms with van der Waals surface area (Å²) in [5, 5.41) is 25.0. The predicted molar refractivity (Wildman–Crippen MR) is 123 cm³/mol. The van der Waals surface area contributed by atoms with Gasteiger partial charge in [-0.2, -0.15) is 21.7 Å². The molecule has 2 aromatic heterocycles. The number of hydrogen-bond donors (Lipinski definition) is 3. The Balaban J connectivity index is 1.52. The van der Waals surface area contributed by atoms with E-state index in [2.05, 4.69) is 50.5 Å². The number of rotatable bonds is 8. The van der Waals surface area contributed by atoms with Gasteiger partial charge in [-0.3, -0.25) is 4.99 Å². The highest BCUT2D eigenvalue weighted by molar-refractivity contribution is 7.07. The first-order valence-electron chi connectivity index (χ1n) is 9.93. The number of hydrogen-bond acceptors (Lipinski definition) is 5. The van der Waals surface area contributed by atoms with Gasteiger partial charge in [0.2, 0.25) is 0 Å². The molecule has 8 heteroatoms. The van der Waals surface area contributed by atoms with Crippen molar-refractivity contribution in [2.24, 2.45) is 4.99 Å². The van der Waals surface area contributed by atoms with E-state index in [1.54, 1.807) is 23.1 Å². The maximum Gasteiger partial charge on any atom is 0.190 e. The number of benzene rings is 1. The molecule has 4 N–H and O–H groups in total. The molecule has 1 atom stereocenters. The van der Waals surface area contributed by atoms with Gasteiger partial charge >= 0.3 is 0 Å². The molecule has 0 bridgehead atoms. The van der Waals surface area contributed by atoms with Crippen LogP contribution >= 0.6 is 11.3 Å². The van der Waals surface area contributed by atoms with Crippen LogP contribution in [-0.4, -0.2) is 35.9 Å². The summed E-state index contributed by atoms with van der Waals surface area (Å²) in [4.78, 5) is 4.28. The van der Waals surface area contributed by atoms with Crippen LogP contribution in [0, 0.1) is 11.3 Å². The normalized spacial score (nSPS) is 12.4. The van der Waals surface area contributed by atoms with Gasteiger partial charge in [0.25, 0.3) is 0 Å². The van der Waals surface area contributed by atoms with Gasteiger partial charge in [-0.05, 0) is 53.3 Å². The molecule has 3 aromatic rings. The van der Waals surface area contributed by atoms with Crippen LogP contribution in [0.15, 0.2) is 52.2 Å². The minimum atomic E-state index is 0.381. The summed E-state index contributed by atoms with van der Waals surface area (Å²) in [6.07, 6.45) is 1.46. The van der Waals surface area contributed by atoms with Gasteiger partial charge in [0.1, 0.15) is 17.5 Å². The monoisotopic (exact) mass is 421 g/mol. The maximum absolute atomic E-state index is 9.52. The molecular formula is C22H27N7S. The van der Waals surface area contributed by atoms with Gasteiger partial charge in [-0.15, -0.1) is 0 Å². The van der Waals surface area contributed by atoms with Crippen molar-refractivity contribution in [2.45, 2.75) is 25.7 Å². The standard InChI is InChI=1S/C22H27N7S/c1-16(17-10-12-30-15-17)14-27-22(25-2)26-11-6-9-20-19(13-23)21(24)29(28-20)18-7-4-3-5-8-18/h3-5,7-8,10,12,15-16H,6,9,11,14,24H2,1-2H3,(H2,25,26,27). The molecular weight excluding hydrogens is 394 g/mol.